The lowest BCUT2D eigenvalue weighted by atomic mass is 10.1. The summed E-state index contributed by atoms with van der Waals surface area (Å²) < 4.78 is 24.3. The second-order valence-corrected chi connectivity index (χ2v) is 7.15. The Labute approximate surface area is 139 Å². The zero-order valence-electron chi connectivity index (χ0n) is 13.0. The maximum atomic E-state index is 11.3. The van der Waals surface area contributed by atoms with Gasteiger partial charge in [0.25, 0.3) is 0 Å². The fourth-order valence-corrected chi connectivity index (χ4v) is 3.03. The largest absolute Gasteiger partial charge is 0.366 e. The molecule has 0 saturated carbocycles. The van der Waals surface area contributed by atoms with Crippen LogP contribution in [-0.2, 0) is 22.9 Å². The minimum Gasteiger partial charge on any atom is -0.366 e. The number of unbranched alkanes of at least 4 members (excludes halogenated alkanes) is 1. The van der Waals surface area contributed by atoms with Crippen LogP contribution in [0, 0.1) is 0 Å². The Hall–Kier alpha value is -2.52. The van der Waals surface area contributed by atoms with Gasteiger partial charge in [-0.2, -0.15) is 4.98 Å². The number of aryl methyl sites for hydroxylation is 2. The first-order valence-corrected chi connectivity index (χ1v) is 9.04. The molecule has 9 heteroatoms. The molecule has 0 atom stereocenters. The first-order chi connectivity index (χ1) is 11.4. The van der Waals surface area contributed by atoms with E-state index in [1.165, 1.54) is 6.20 Å². The predicted octanol–water partition coefficient (Wildman–Crippen LogP) is 0.919. The summed E-state index contributed by atoms with van der Waals surface area (Å²) in [6, 6.07) is 5.47. The average Bonchev–Trinajstić information content (AvgIpc) is 2.90. The van der Waals surface area contributed by atoms with Crippen molar-refractivity contribution in [1.29, 1.82) is 0 Å². The lowest BCUT2D eigenvalue weighted by Gasteiger charge is -2.04. The molecule has 0 saturated heterocycles. The summed E-state index contributed by atoms with van der Waals surface area (Å²) in [5, 5.41) is 9.20. The molecule has 0 fully saturated rings. The lowest BCUT2D eigenvalue weighted by molar-refractivity contribution is 0.597. The molecule has 0 aliphatic carbocycles. The highest BCUT2D eigenvalue weighted by Gasteiger charge is 2.08. The van der Waals surface area contributed by atoms with Gasteiger partial charge in [-0.1, -0.05) is 6.07 Å². The van der Waals surface area contributed by atoms with Crippen LogP contribution in [0.3, 0.4) is 0 Å². The molecule has 0 aliphatic rings. The molecule has 0 aromatic carbocycles. The van der Waals surface area contributed by atoms with Gasteiger partial charge in [0.2, 0.25) is 16.0 Å². The molecule has 0 unspecified atom stereocenters. The summed E-state index contributed by atoms with van der Waals surface area (Å²) in [4.78, 5) is 8.07. The van der Waals surface area contributed by atoms with Crippen LogP contribution in [0.2, 0.25) is 0 Å². The number of nitrogens with two attached hydrogens (primary N) is 2. The Kier molecular flexibility index (Phi) is 4.45. The summed E-state index contributed by atoms with van der Waals surface area (Å²) in [5.74, 6) is 0.259. The van der Waals surface area contributed by atoms with E-state index in [4.69, 9.17) is 10.9 Å². The van der Waals surface area contributed by atoms with Crippen LogP contribution >= 0.6 is 0 Å². The van der Waals surface area contributed by atoms with Crippen LogP contribution in [0.1, 0.15) is 24.0 Å². The molecule has 4 N–H and O–H groups in total. The topological polar surface area (TPSA) is 129 Å². The van der Waals surface area contributed by atoms with Gasteiger partial charge < -0.3 is 5.73 Å². The van der Waals surface area contributed by atoms with E-state index in [9.17, 15) is 8.42 Å². The Balaban J connectivity index is 1.56. The number of nitrogen functional groups attached to an aromatic ring is 1. The van der Waals surface area contributed by atoms with Gasteiger partial charge in [0.15, 0.2) is 5.65 Å². The quantitative estimate of drug-likeness (QED) is 0.638. The van der Waals surface area contributed by atoms with Crippen LogP contribution in [0.5, 0.6) is 0 Å². The molecular formula is C15H18N6O2S. The van der Waals surface area contributed by atoms with E-state index >= 15 is 0 Å². The SMILES string of the molecule is Nc1nc2ccc(CCCCc3cncc(S(N)(=O)=O)c3)cn2n1. The predicted molar refractivity (Wildman–Crippen MR) is 89.7 cm³/mol. The molecule has 0 aliphatic heterocycles. The van der Waals surface area contributed by atoms with Crippen molar-refractivity contribution in [1.82, 2.24) is 19.6 Å². The highest BCUT2D eigenvalue weighted by atomic mass is 32.2. The number of hydrogen-bond acceptors (Lipinski definition) is 6. The molecule has 3 rings (SSSR count). The van der Waals surface area contributed by atoms with Gasteiger partial charge in [0.05, 0.1) is 0 Å². The normalized spacial score (nSPS) is 11.9. The molecular weight excluding hydrogens is 328 g/mol. The highest BCUT2D eigenvalue weighted by Crippen LogP contribution is 2.13. The molecule has 3 aromatic rings. The number of anilines is 1. The summed E-state index contributed by atoms with van der Waals surface area (Å²) in [6.45, 7) is 0. The van der Waals surface area contributed by atoms with Gasteiger partial charge in [-0.05, 0) is 48.9 Å². The Morgan fingerprint density at radius 2 is 1.83 bits per heavy atom. The summed E-state index contributed by atoms with van der Waals surface area (Å²) >= 11 is 0. The van der Waals surface area contributed by atoms with E-state index < -0.39 is 10.0 Å². The molecule has 0 amide bonds. The summed E-state index contributed by atoms with van der Waals surface area (Å²) in [7, 11) is -3.71. The van der Waals surface area contributed by atoms with Crippen molar-refractivity contribution < 1.29 is 8.42 Å². The molecule has 0 radical (unpaired) electrons. The van der Waals surface area contributed by atoms with Crippen molar-refractivity contribution in [3.63, 3.8) is 0 Å². The first-order valence-electron chi connectivity index (χ1n) is 7.49. The second-order valence-electron chi connectivity index (χ2n) is 5.59. The number of primary sulfonamides is 1. The van der Waals surface area contributed by atoms with Crippen molar-refractivity contribution in [2.24, 2.45) is 5.14 Å². The Morgan fingerprint density at radius 3 is 2.58 bits per heavy atom. The minimum absolute atomic E-state index is 0.0502. The summed E-state index contributed by atoms with van der Waals surface area (Å²) in [6.07, 6.45) is 8.34. The minimum atomic E-state index is -3.71. The molecule has 0 bridgehead atoms. The zero-order valence-corrected chi connectivity index (χ0v) is 13.8. The fraction of sp³-hybridized carbons (Fsp3) is 0.267. The lowest BCUT2D eigenvalue weighted by Crippen LogP contribution is -2.12. The van der Waals surface area contributed by atoms with Crippen molar-refractivity contribution >= 4 is 21.6 Å². The van der Waals surface area contributed by atoms with Gasteiger partial charge in [-0.3, -0.25) is 4.98 Å². The average molecular weight is 346 g/mol. The van der Waals surface area contributed by atoms with Gasteiger partial charge in [-0.25, -0.2) is 18.1 Å². The monoisotopic (exact) mass is 346 g/mol. The van der Waals surface area contributed by atoms with Crippen LogP contribution in [-0.4, -0.2) is 28.0 Å². The third-order valence-electron chi connectivity index (χ3n) is 3.69. The number of pyridine rings is 2. The Bertz CT molecular complexity index is 967. The maximum absolute atomic E-state index is 11.3. The second kappa shape index (κ2) is 6.54. The third kappa shape index (κ3) is 3.87. The van der Waals surface area contributed by atoms with Gasteiger partial charge >= 0.3 is 0 Å². The first kappa shape index (κ1) is 16.3. The Morgan fingerprint density at radius 1 is 1.08 bits per heavy atom. The van der Waals surface area contributed by atoms with Crippen LogP contribution in [0.4, 0.5) is 5.95 Å². The van der Waals surface area contributed by atoms with Crippen LogP contribution in [0.25, 0.3) is 5.65 Å². The van der Waals surface area contributed by atoms with Gasteiger partial charge in [-0.15, -0.1) is 5.10 Å². The number of rotatable bonds is 6. The van der Waals surface area contributed by atoms with Crippen LogP contribution < -0.4 is 10.9 Å². The van der Waals surface area contributed by atoms with Crippen molar-refractivity contribution in [2.45, 2.75) is 30.6 Å². The van der Waals surface area contributed by atoms with Crippen molar-refractivity contribution in [3.8, 4) is 0 Å². The number of aromatic nitrogens is 4. The standard InChI is InChI=1S/C15H18N6O2S/c16-15-19-14-6-5-11(10-21(14)20-15)3-1-2-4-12-7-13(9-18-8-12)24(17,22)23/h5-10H,1-4H2,(H2,16,20)(H2,17,22,23). The van der Waals surface area contributed by atoms with E-state index in [1.54, 1.807) is 16.8 Å². The zero-order chi connectivity index (χ0) is 17.2. The van der Waals surface area contributed by atoms with Crippen molar-refractivity contribution in [2.75, 3.05) is 5.73 Å². The molecule has 8 nitrogen and oxygen atoms in total. The molecule has 3 aromatic heterocycles. The van der Waals surface area contributed by atoms with E-state index in [1.807, 2.05) is 18.3 Å². The maximum Gasteiger partial charge on any atom is 0.240 e. The number of hydrogen-bond donors (Lipinski definition) is 2. The highest BCUT2D eigenvalue weighted by molar-refractivity contribution is 7.89. The van der Waals surface area contributed by atoms with E-state index in [2.05, 4.69) is 15.1 Å². The van der Waals surface area contributed by atoms with E-state index in [0.29, 0.717) is 0 Å². The molecule has 24 heavy (non-hydrogen) atoms. The number of sulfonamides is 1. The van der Waals surface area contributed by atoms with E-state index in [-0.39, 0.29) is 10.8 Å². The third-order valence-corrected chi connectivity index (χ3v) is 4.57. The smallest absolute Gasteiger partial charge is 0.240 e. The van der Waals surface area contributed by atoms with Gasteiger partial charge in [0.1, 0.15) is 4.90 Å². The molecule has 0 spiro atoms. The fourth-order valence-electron chi connectivity index (χ4n) is 2.51. The van der Waals surface area contributed by atoms with Crippen molar-refractivity contribution in [3.05, 3.63) is 47.9 Å². The number of fused-ring (bicyclic) bond motifs is 1. The molecule has 3 heterocycles. The number of nitrogens with zero attached hydrogens (tertiary/aromatic N) is 4. The summed E-state index contributed by atoms with van der Waals surface area (Å²) in [5.41, 5.74) is 8.30. The van der Waals surface area contributed by atoms with Gasteiger partial charge in [0, 0.05) is 18.6 Å². The van der Waals surface area contributed by atoms with E-state index in [0.717, 1.165) is 42.5 Å². The van der Waals surface area contributed by atoms with Crippen LogP contribution in [0.15, 0.2) is 41.7 Å². The molecule has 126 valence electrons.